The molecule has 6 nitrogen and oxygen atoms in total. The molecule has 5 rings (SSSR count). The van der Waals surface area contributed by atoms with Gasteiger partial charge in [0.2, 0.25) is 5.91 Å². The number of hydrogen-bond acceptors (Lipinski definition) is 5. The van der Waals surface area contributed by atoms with Crippen molar-refractivity contribution in [2.24, 2.45) is 17.3 Å². The highest BCUT2D eigenvalue weighted by Crippen LogP contribution is 2.51. The molecule has 1 aromatic heterocycles. The van der Waals surface area contributed by atoms with Gasteiger partial charge in [0.25, 0.3) is 0 Å². The van der Waals surface area contributed by atoms with Crippen molar-refractivity contribution in [3.63, 3.8) is 0 Å². The van der Waals surface area contributed by atoms with Crippen LogP contribution in [0, 0.1) is 23.1 Å². The van der Waals surface area contributed by atoms with Gasteiger partial charge in [-0.15, -0.1) is 6.58 Å². The van der Waals surface area contributed by atoms with Gasteiger partial charge in [-0.2, -0.15) is 0 Å². The summed E-state index contributed by atoms with van der Waals surface area (Å²) in [4.78, 5) is 19.8. The lowest BCUT2D eigenvalue weighted by Gasteiger charge is -2.53. The highest BCUT2D eigenvalue weighted by Gasteiger charge is 2.54. The van der Waals surface area contributed by atoms with Crippen LogP contribution in [0.25, 0.3) is 0 Å². The number of piperidine rings is 1. The van der Waals surface area contributed by atoms with Crippen LogP contribution in [0.5, 0.6) is 0 Å². The molecule has 204 valence electrons. The number of halogens is 2. The van der Waals surface area contributed by atoms with E-state index in [4.69, 9.17) is 16.3 Å². The molecule has 3 atom stereocenters. The first-order valence-electron chi connectivity index (χ1n) is 13.2. The van der Waals surface area contributed by atoms with Crippen LogP contribution < -0.4 is 4.90 Å². The molecule has 3 aliphatic rings. The zero-order valence-corrected chi connectivity index (χ0v) is 23.4. The molecular weight excluding hydrogens is 527 g/mol. The lowest BCUT2D eigenvalue weighted by molar-refractivity contribution is -0.136. The van der Waals surface area contributed by atoms with Crippen molar-refractivity contribution in [2.75, 3.05) is 18.1 Å². The number of rotatable bonds is 5. The summed E-state index contributed by atoms with van der Waals surface area (Å²) in [5.41, 5.74) is -0.413. The number of pyridine rings is 1. The number of aromatic nitrogens is 1. The molecule has 3 heterocycles. The fourth-order valence-electron chi connectivity index (χ4n) is 6.89. The monoisotopic (exact) mass is 560 g/mol. The Morgan fingerprint density at radius 2 is 1.82 bits per heavy atom. The van der Waals surface area contributed by atoms with Crippen LogP contribution in [0.4, 0.5) is 10.2 Å². The van der Waals surface area contributed by atoms with E-state index in [-0.39, 0.29) is 66.1 Å². The van der Waals surface area contributed by atoms with Crippen molar-refractivity contribution in [3.8, 4) is 0 Å². The molecule has 1 amide bonds. The van der Waals surface area contributed by atoms with Crippen LogP contribution in [0.3, 0.4) is 0 Å². The number of sulfone groups is 1. The molecule has 9 heteroatoms. The van der Waals surface area contributed by atoms with Gasteiger partial charge in [-0.3, -0.25) is 9.69 Å². The zero-order valence-electron chi connectivity index (χ0n) is 21.8. The van der Waals surface area contributed by atoms with Gasteiger partial charge in [0, 0.05) is 29.8 Å². The summed E-state index contributed by atoms with van der Waals surface area (Å²) < 4.78 is 48.1. The molecule has 1 aromatic carbocycles. The SMILES string of the molecule is C=CC1C2CCCCC2C(C)(C)C(=O)N1c1ncc(C2(S(=O)(=O)c3ccc(Cl)cc3)CCOCC2)cc1F. The van der Waals surface area contributed by atoms with Crippen LogP contribution in [0.15, 0.2) is 54.1 Å². The second-order valence-corrected chi connectivity index (χ2v) is 14.0. The van der Waals surface area contributed by atoms with Crippen molar-refractivity contribution < 1.29 is 22.3 Å². The zero-order chi connectivity index (χ0) is 27.3. The van der Waals surface area contributed by atoms with E-state index in [1.54, 1.807) is 6.08 Å². The largest absolute Gasteiger partial charge is 0.381 e. The molecule has 2 aliphatic heterocycles. The third-order valence-corrected chi connectivity index (χ3v) is 11.8. The standard InChI is InChI=1S/C29H34ClFN2O4S/c1-4-25-22-7-5-6-8-23(22)28(2,3)27(34)33(25)26-24(31)17-19(18-32-26)29(13-15-37-16-14-29)38(35,36)21-11-9-20(30)10-12-21/h4,9-12,17-18,22-23,25H,1,5-8,13-16H2,2-3H3. The molecule has 2 aromatic rings. The summed E-state index contributed by atoms with van der Waals surface area (Å²) >= 11 is 6.00. The molecule has 38 heavy (non-hydrogen) atoms. The Bertz CT molecular complexity index is 1340. The Morgan fingerprint density at radius 1 is 1.16 bits per heavy atom. The van der Waals surface area contributed by atoms with E-state index in [0.717, 1.165) is 25.7 Å². The number of nitrogens with zero attached hydrogens (tertiary/aromatic N) is 2. The third kappa shape index (κ3) is 4.20. The first-order valence-corrected chi connectivity index (χ1v) is 15.1. The number of amides is 1. The van der Waals surface area contributed by atoms with E-state index in [1.165, 1.54) is 41.4 Å². The third-order valence-electron chi connectivity index (χ3n) is 9.01. The Hall–Kier alpha value is -2.29. The van der Waals surface area contributed by atoms with E-state index < -0.39 is 25.8 Å². The van der Waals surface area contributed by atoms with E-state index in [1.807, 2.05) is 13.8 Å². The quantitative estimate of drug-likeness (QED) is 0.414. The average molecular weight is 561 g/mol. The first-order chi connectivity index (χ1) is 18.0. The molecule has 2 saturated heterocycles. The maximum absolute atomic E-state index is 16.0. The van der Waals surface area contributed by atoms with E-state index in [0.29, 0.717) is 5.02 Å². The maximum Gasteiger partial charge on any atom is 0.234 e. The van der Waals surface area contributed by atoms with Crippen LogP contribution in [0.1, 0.15) is 57.9 Å². The molecule has 1 aliphatic carbocycles. The van der Waals surface area contributed by atoms with Gasteiger partial charge in [0.05, 0.1) is 10.9 Å². The van der Waals surface area contributed by atoms with Gasteiger partial charge in [-0.05, 0) is 73.4 Å². The van der Waals surface area contributed by atoms with Crippen molar-refractivity contribution in [1.82, 2.24) is 4.98 Å². The molecule has 3 fully saturated rings. The van der Waals surface area contributed by atoms with Crippen LogP contribution in [-0.4, -0.2) is 38.6 Å². The predicted molar refractivity (Wildman–Crippen MR) is 145 cm³/mol. The number of anilines is 1. The number of carbonyl (C=O) groups is 1. The summed E-state index contributed by atoms with van der Waals surface area (Å²) in [6, 6.07) is 6.87. The second kappa shape index (κ2) is 10.0. The predicted octanol–water partition coefficient (Wildman–Crippen LogP) is 6.09. The molecular formula is C29H34ClFN2O4S. The first kappa shape index (κ1) is 27.3. The highest BCUT2D eigenvalue weighted by atomic mass is 35.5. The van der Waals surface area contributed by atoms with Gasteiger partial charge in [-0.25, -0.2) is 17.8 Å². The number of fused-ring (bicyclic) bond motifs is 1. The Morgan fingerprint density at radius 3 is 2.45 bits per heavy atom. The van der Waals surface area contributed by atoms with E-state index >= 15 is 4.39 Å². The maximum atomic E-state index is 16.0. The van der Waals surface area contributed by atoms with Crippen LogP contribution in [-0.2, 0) is 24.1 Å². The van der Waals surface area contributed by atoms with Crippen molar-refractivity contribution >= 4 is 33.2 Å². The average Bonchev–Trinajstić information content (AvgIpc) is 2.91. The summed E-state index contributed by atoms with van der Waals surface area (Å²) in [5.74, 6) is -0.613. The Balaban J connectivity index is 1.59. The number of hydrogen-bond donors (Lipinski definition) is 0. The minimum absolute atomic E-state index is 0.0770. The minimum Gasteiger partial charge on any atom is -0.381 e. The van der Waals surface area contributed by atoms with Gasteiger partial charge in [0.15, 0.2) is 21.5 Å². The van der Waals surface area contributed by atoms with Gasteiger partial charge in [0.1, 0.15) is 4.75 Å². The van der Waals surface area contributed by atoms with Gasteiger partial charge < -0.3 is 4.74 Å². The lowest BCUT2D eigenvalue weighted by atomic mass is 9.60. The summed E-state index contributed by atoms with van der Waals surface area (Å²) in [6.07, 6.45) is 7.52. The topological polar surface area (TPSA) is 76.6 Å². The molecule has 0 radical (unpaired) electrons. The fraction of sp³-hybridized carbons (Fsp3) is 0.517. The summed E-state index contributed by atoms with van der Waals surface area (Å²) in [7, 11) is -3.95. The molecule has 1 saturated carbocycles. The molecule has 0 spiro atoms. The van der Waals surface area contributed by atoms with Crippen LogP contribution >= 0.6 is 11.6 Å². The highest BCUT2D eigenvalue weighted by molar-refractivity contribution is 7.92. The van der Waals surface area contributed by atoms with Crippen LogP contribution in [0.2, 0.25) is 5.02 Å². The smallest absolute Gasteiger partial charge is 0.234 e. The Labute approximate surface area is 229 Å². The minimum atomic E-state index is -3.95. The normalized spacial score (nSPS) is 27.0. The molecule has 3 unspecified atom stereocenters. The van der Waals surface area contributed by atoms with E-state index in [9.17, 15) is 13.2 Å². The van der Waals surface area contributed by atoms with Crippen molar-refractivity contribution in [1.29, 1.82) is 0 Å². The number of benzene rings is 1. The van der Waals surface area contributed by atoms with Crippen molar-refractivity contribution in [2.45, 2.75) is 68.1 Å². The van der Waals surface area contributed by atoms with E-state index in [2.05, 4.69) is 11.6 Å². The van der Waals surface area contributed by atoms with Gasteiger partial charge in [-0.1, -0.05) is 44.4 Å². The van der Waals surface area contributed by atoms with Gasteiger partial charge >= 0.3 is 0 Å². The number of carbonyl (C=O) groups excluding carboxylic acids is 1. The Kier molecular flexibility index (Phi) is 7.20. The summed E-state index contributed by atoms with van der Waals surface area (Å²) in [5, 5.41) is 0.424. The number of ether oxygens (including phenoxy) is 1. The second-order valence-electron chi connectivity index (χ2n) is 11.3. The molecule has 0 bridgehead atoms. The molecule has 0 N–H and O–H groups in total. The lowest BCUT2D eigenvalue weighted by Crippen LogP contribution is -2.61. The van der Waals surface area contributed by atoms with Crippen molar-refractivity contribution in [3.05, 3.63) is 65.6 Å². The fourth-order valence-corrected chi connectivity index (χ4v) is 9.09. The summed E-state index contributed by atoms with van der Waals surface area (Å²) in [6.45, 7) is 8.30.